The molecule has 0 aliphatic heterocycles. The number of nitrogens with zero attached hydrogens (tertiary/aromatic N) is 3. The van der Waals surface area contributed by atoms with Gasteiger partial charge >= 0.3 is 0 Å². The van der Waals surface area contributed by atoms with Crippen molar-refractivity contribution in [3.05, 3.63) is 34.6 Å². The summed E-state index contributed by atoms with van der Waals surface area (Å²) >= 11 is 4.64. The molecule has 0 spiro atoms. The Bertz CT molecular complexity index is 680. The molecule has 1 heterocycles. The number of nitrogens with one attached hydrogen (secondary N) is 1. The summed E-state index contributed by atoms with van der Waals surface area (Å²) in [5.74, 6) is 6.75. The molecule has 0 fully saturated rings. The number of amides is 1. The highest BCUT2D eigenvalue weighted by Gasteiger charge is 2.23. The number of carbonyl (C=O) groups excluding carboxylic acids is 1. The number of nitrogens with two attached hydrogens (primary N) is 1. The minimum Gasteiger partial charge on any atom is -0.336 e. The first-order valence-corrected chi connectivity index (χ1v) is 8.45. The molecule has 0 unspecified atom stereocenters. The van der Waals surface area contributed by atoms with Crippen LogP contribution in [0.2, 0.25) is 0 Å². The van der Waals surface area contributed by atoms with Gasteiger partial charge in [0.2, 0.25) is 11.1 Å². The predicted molar refractivity (Wildman–Crippen MR) is 92.4 cm³/mol. The first kappa shape index (κ1) is 16.8. The standard InChI is InChI=1S/C14H18BrN5OS/c1-14(2,3)12-18-19-13(20(12)16)22-8-11(21)17-10-7-5-4-6-9(10)15/h4-7H,8,16H2,1-3H3,(H,17,21). The lowest BCUT2D eigenvalue weighted by atomic mass is 9.96. The van der Waals surface area contributed by atoms with Gasteiger partial charge in [0.25, 0.3) is 0 Å². The van der Waals surface area contributed by atoms with Gasteiger partial charge in [0.05, 0.1) is 11.4 Å². The number of carbonyl (C=O) groups is 1. The Balaban J connectivity index is 1.98. The second-order valence-electron chi connectivity index (χ2n) is 5.74. The van der Waals surface area contributed by atoms with Crippen LogP contribution in [-0.2, 0) is 10.2 Å². The second kappa shape index (κ2) is 6.70. The fraction of sp³-hybridized carbons (Fsp3) is 0.357. The van der Waals surface area contributed by atoms with Crippen LogP contribution in [-0.4, -0.2) is 26.5 Å². The van der Waals surface area contributed by atoms with E-state index in [9.17, 15) is 4.79 Å². The maximum absolute atomic E-state index is 12.0. The van der Waals surface area contributed by atoms with Gasteiger partial charge in [-0.05, 0) is 28.1 Å². The first-order valence-electron chi connectivity index (χ1n) is 6.67. The van der Waals surface area contributed by atoms with Gasteiger partial charge in [-0.3, -0.25) is 4.79 Å². The van der Waals surface area contributed by atoms with E-state index in [-0.39, 0.29) is 17.1 Å². The summed E-state index contributed by atoms with van der Waals surface area (Å²) in [5.41, 5.74) is 0.537. The summed E-state index contributed by atoms with van der Waals surface area (Å²) in [5, 5.41) is 11.5. The Morgan fingerprint density at radius 2 is 2.05 bits per heavy atom. The molecule has 0 atom stereocenters. The summed E-state index contributed by atoms with van der Waals surface area (Å²) in [6.07, 6.45) is 0. The zero-order valence-corrected chi connectivity index (χ0v) is 15.0. The number of nitrogen functional groups attached to an aromatic ring is 1. The first-order chi connectivity index (χ1) is 10.3. The lowest BCUT2D eigenvalue weighted by Crippen LogP contribution is -2.24. The molecule has 0 saturated carbocycles. The van der Waals surface area contributed by atoms with E-state index < -0.39 is 0 Å². The largest absolute Gasteiger partial charge is 0.336 e. The molecule has 22 heavy (non-hydrogen) atoms. The number of rotatable bonds is 4. The lowest BCUT2D eigenvalue weighted by Gasteiger charge is -2.16. The fourth-order valence-electron chi connectivity index (χ4n) is 1.77. The molecule has 0 radical (unpaired) electrons. The molecular formula is C14H18BrN5OS. The van der Waals surface area contributed by atoms with Crippen LogP contribution in [0, 0.1) is 0 Å². The predicted octanol–water partition coefficient (Wildman–Crippen LogP) is 2.78. The number of hydrogen-bond acceptors (Lipinski definition) is 5. The number of para-hydroxylation sites is 1. The highest BCUT2D eigenvalue weighted by molar-refractivity contribution is 9.10. The summed E-state index contributed by atoms with van der Waals surface area (Å²) in [7, 11) is 0. The van der Waals surface area contributed by atoms with Gasteiger partial charge in [-0.1, -0.05) is 44.7 Å². The molecule has 2 rings (SSSR count). The molecule has 2 aromatic rings. The van der Waals surface area contributed by atoms with Gasteiger partial charge in [0.15, 0.2) is 5.82 Å². The molecule has 0 bridgehead atoms. The Hall–Kier alpha value is -1.54. The molecule has 8 heteroatoms. The normalized spacial score (nSPS) is 11.5. The summed E-state index contributed by atoms with van der Waals surface area (Å²) < 4.78 is 2.28. The molecule has 0 saturated heterocycles. The lowest BCUT2D eigenvalue weighted by molar-refractivity contribution is -0.113. The molecule has 6 nitrogen and oxygen atoms in total. The maximum Gasteiger partial charge on any atom is 0.234 e. The van der Waals surface area contributed by atoms with E-state index in [1.807, 2.05) is 45.0 Å². The van der Waals surface area contributed by atoms with Crippen molar-refractivity contribution >= 4 is 39.3 Å². The average Bonchev–Trinajstić information content (AvgIpc) is 2.80. The van der Waals surface area contributed by atoms with E-state index in [1.54, 1.807) is 0 Å². The molecular weight excluding hydrogens is 366 g/mol. The topological polar surface area (TPSA) is 85.8 Å². The highest BCUT2D eigenvalue weighted by Crippen LogP contribution is 2.24. The van der Waals surface area contributed by atoms with Crippen LogP contribution in [0.25, 0.3) is 0 Å². The summed E-state index contributed by atoms with van der Waals surface area (Å²) in [4.78, 5) is 12.0. The van der Waals surface area contributed by atoms with E-state index in [0.717, 1.165) is 10.2 Å². The molecule has 3 N–H and O–H groups in total. The van der Waals surface area contributed by atoms with Crippen molar-refractivity contribution in [3.8, 4) is 0 Å². The van der Waals surface area contributed by atoms with E-state index in [0.29, 0.717) is 11.0 Å². The van der Waals surface area contributed by atoms with Gasteiger partial charge in [0.1, 0.15) is 0 Å². The third-order valence-electron chi connectivity index (χ3n) is 2.82. The summed E-state index contributed by atoms with van der Waals surface area (Å²) in [6, 6.07) is 7.45. The van der Waals surface area contributed by atoms with Crippen molar-refractivity contribution in [2.75, 3.05) is 16.9 Å². The Morgan fingerprint density at radius 1 is 1.36 bits per heavy atom. The second-order valence-corrected chi connectivity index (χ2v) is 7.54. The number of anilines is 1. The van der Waals surface area contributed by atoms with Crippen LogP contribution in [0.15, 0.2) is 33.9 Å². The Morgan fingerprint density at radius 3 is 2.64 bits per heavy atom. The van der Waals surface area contributed by atoms with Gasteiger partial charge in [0, 0.05) is 9.89 Å². The van der Waals surface area contributed by atoms with Crippen LogP contribution in [0.5, 0.6) is 0 Å². The maximum atomic E-state index is 12.0. The van der Waals surface area contributed by atoms with Gasteiger partial charge < -0.3 is 11.2 Å². The van der Waals surface area contributed by atoms with Crippen molar-refractivity contribution < 1.29 is 4.79 Å². The average molecular weight is 384 g/mol. The molecule has 0 aliphatic rings. The van der Waals surface area contributed by atoms with E-state index in [4.69, 9.17) is 5.84 Å². The smallest absolute Gasteiger partial charge is 0.234 e. The van der Waals surface area contributed by atoms with E-state index in [1.165, 1.54) is 16.4 Å². The minimum absolute atomic E-state index is 0.128. The Labute approximate surface area is 142 Å². The molecule has 118 valence electrons. The third kappa shape index (κ3) is 4.01. The van der Waals surface area contributed by atoms with Crippen LogP contribution in [0.4, 0.5) is 5.69 Å². The quantitative estimate of drug-likeness (QED) is 0.626. The van der Waals surface area contributed by atoms with Crippen LogP contribution < -0.4 is 11.2 Å². The third-order valence-corrected chi connectivity index (χ3v) is 4.45. The zero-order valence-electron chi connectivity index (χ0n) is 12.6. The molecule has 1 amide bonds. The fourth-order valence-corrected chi connectivity index (χ4v) is 2.81. The Kier molecular flexibility index (Phi) is 5.12. The summed E-state index contributed by atoms with van der Waals surface area (Å²) in [6.45, 7) is 6.03. The monoisotopic (exact) mass is 383 g/mol. The molecule has 0 aliphatic carbocycles. The van der Waals surface area contributed by atoms with E-state index in [2.05, 4.69) is 31.4 Å². The van der Waals surface area contributed by atoms with Crippen molar-refractivity contribution in [2.45, 2.75) is 31.3 Å². The van der Waals surface area contributed by atoms with Gasteiger partial charge in [-0.2, -0.15) is 0 Å². The number of hydrogen-bond donors (Lipinski definition) is 2. The number of aromatic nitrogens is 3. The zero-order chi connectivity index (χ0) is 16.3. The molecule has 1 aromatic heterocycles. The van der Waals surface area contributed by atoms with Crippen molar-refractivity contribution in [1.29, 1.82) is 0 Å². The van der Waals surface area contributed by atoms with Crippen LogP contribution in [0.3, 0.4) is 0 Å². The highest BCUT2D eigenvalue weighted by atomic mass is 79.9. The molecule has 1 aromatic carbocycles. The number of halogens is 1. The SMILES string of the molecule is CC(C)(C)c1nnc(SCC(=O)Nc2ccccc2Br)n1N. The van der Waals surface area contributed by atoms with E-state index >= 15 is 0 Å². The number of thioether (sulfide) groups is 1. The van der Waals surface area contributed by atoms with Gasteiger partial charge in [-0.25, -0.2) is 4.68 Å². The van der Waals surface area contributed by atoms with Crippen LogP contribution >= 0.6 is 27.7 Å². The minimum atomic E-state index is -0.197. The van der Waals surface area contributed by atoms with Crippen LogP contribution in [0.1, 0.15) is 26.6 Å². The van der Waals surface area contributed by atoms with Gasteiger partial charge in [-0.15, -0.1) is 10.2 Å². The van der Waals surface area contributed by atoms with Crippen molar-refractivity contribution in [3.63, 3.8) is 0 Å². The number of benzene rings is 1. The van der Waals surface area contributed by atoms with Crippen molar-refractivity contribution in [1.82, 2.24) is 14.9 Å². The van der Waals surface area contributed by atoms with Crippen molar-refractivity contribution in [2.24, 2.45) is 0 Å².